The lowest BCUT2D eigenvalue weighted by Crippen LogP contribution is -2.25. The van der Waals surface area contributed by atoms with Gasteiger partial charge in [0.15, 0.2) is 0 Å². The van der Waals surface area contributed by atoms with Crippen LogP contribution in [0.3, 0.4) is 0 Å². The molecular formula is C30H27N3O3. The van der Waals surface area contributed by atoms with Crippen molar-refractivity contribution in [3.05, 3.63) is 96.3 Å². The highest BCUT2D eigenvalue weighted by Crippen LogP contribution is 2.39. The van der Waals surface area contributed by atoms with Crippen molar-refractivity contribution < 1.29 is 14.3 Å². The number of fused-ring (bicyclic) bond motifs is 2. The molecule has 1 amide bonds. The van der Waals surface area contributed by atoms with E-state index in [9.17, 15) is 4.79 Å². The molecule has 1 aromatic heterocycles. The summed E-state index contributed by atoms with van der Waals surface area (Å²) in [6.45, 7) is 1.22. The summed E-state index contributed by atoms with van der Waals surface area (Å²) in [6.07, 6.45) is 0.390. The molecule has 5 aromatic rings. The highest BCUT2D eigenvalue weighted by atomic mass is 16.5. The maximum atomic E-state index is 13.3. The third-order valence-electron chi connectivity index (χ3n) is 7.01. The molecule has 0 bridgehead atoms. The minimum absolute atomic E-state index is 0.0405. The summed E-state index contributed by atoms with van der Waals surface area (Å²) >= 11 is 0. The van der Waals surface area contributed by atoms with E-state index in [1.807, 2.05) is 36.4 Å². The second-order valence-corrected chi connectivity index (χ2v) is 9.17. The number of para-hydroxylation sites is 2. The SMILES string of the molecule is COc1ccc(OC)c(N2CC(c3nc4ccccc4n3Cc3ccc4ccccc4c3)CC2=O)c1. The highest BCUT2D eigenvalue weighted by molar-refractivity contribution is 5.98. The molecule has 180 valence electrons. The van der Waals surface area contributed by atoms with Gasteiger partial charge in [-0.1, -0.05) is 48.5 Å². The summed E-state index contributed by atoms with van der Waals surface area (Å²) < 4.78 is 13.2. The average molecular weight is 478 g/mol. The lowest BCUT2D eigenvalue weighted by Gasteiger charge is -2.20. The first-order chi connectivity index (χ1) is 17.6. The Morgan fingerprint density at radius 1 is 0.889 bits per heavy atom. The lowest BCUT2D eigenvalue weighted by molar-refractivity contribution is -0.117. The van der Waals surface area contributed by atoms with Crippen molar-refractivity contribution >= 4 is 33.4 Å². The van der Waals surface area contributed by atoms with Crippen LogP contribution >= 0.6 is 0 Å². The van der Waals surface area contributed by atoms with Crippen LogP contribution in [0.5, 0.6) is 11.5 Å². The summed E-state index contributed by atoms with van der Waals surface area (Å²) in [6, 6.07) is 28.7. The zero-order valence-corrected chi connectivity index (χ0v) is 20.3. The minimum Gasteiger partial charge on any atom is -0.497 e. The first kappa shape index (κ1) is 22.2. The van der Waals surface area contributed by atoms with E-state index in [-0.39, 0.29) is 11.8 Å². The Labute approximate surface area is 209 Å². The van der Waals surface area contributed by atoms with Crippen molar-refractivity contribution in [1.82, 2.24) is 9.55 Å². The van der Waals surface area contributed by atoms with Crippen LogP contribution in [-0.2, 0) is 11.3 Å². The quantitative estimate of drug-likeness (QED) is 0.311. The largest absolute Gasteiger partial charge is 0.497 e. The van der Waals surface area contributed by atoms with E-state index >= 15 is 0 Å². The van der Waals surface area contributed by atoms with Crippen molar-refractivity contribution in [2.24, 2.45) is 0 Å². The molecule has 6 nitrogen and oxygen atoms in total. The van der Waals surface area contributed by atoms with Crippen LogP contribution in [-0.4, -0.2) is 36.2 Å². The van der Waals surface area contributed by atoms with Crippen LogP contribution in [0, 0.1) is 0 Å². The van der Waals surface area contributed by atoms with Gasteiger partial charge in [-0.05, 0) is 46.7 Å². The number of ether oxygens (including phenoxy) is 2. The Morgan fingerprint density at radius 3 is 2.53 bits per heavy atom. The molecule has 0 spiro atoms. The number of aromatic nitrogens is 2. The predicted octanol–water partition coefficient (Wildman–Crippen LogP) is 5.78. The monoisotopic (exact) mass is 477 g/mol. The second-order valence-electron chi connectivity index (χ2n) is 9.17. The van der Waals surface area contributed by atoms with Gasteiger partial charge in [-0.2, -0.15) is 0 Å². The summed E-state index contributed by atoms with van der Waals surface area (Å²) in [5.41, 5.74) is 3.94. The Kier molecular flexibility index (Phi) is 5.56. The van der Waals surface area contributed by atoms with E-state index in [0.717, 1.165) is 22.5 Å². The molecule has 0 saturated carbocycles. The zero-order chi connectivity index (χ0) is 24.6. The number of anilines is 1. The Bertz CT molecular complexity index is 1590. The first-order valence-electron chi connectivity index (χ1n) is 12.1. The standard InChI is InChI=1S/C30H27N3O3/c1-35-24-13-14-28(36-2)27(17-24)32-19-23(16-29(32)34)30-31-25-9-5-6-10-26(25)33(30)18-20-11-12-21-7-3-4-8-22(21)15-20/h3-15,17,23H,16,18-19H2,1-2H3. The molecule has 1 aliphatic rings. The van der Waals surface area contributed by atoms with E-state index in [1.165, 1.54) is 16.3 Å². The molecule has 1 unspecified atom stereocenters. The van der Waals surface area contributed by atoms with Gasteiger partial charge in [-0.25, -0.2) is 4.98 Å². The Hall–Kier alpha value is -4.32. The zero-order valence-electron chi connectivity index (χ0n) is 20.3. The molecule has 1 atom stereocenters. The molecule has 0 radical (unpaired) electrons. The number of amides is 1. The van der Waals surface area contributed by atoms with Crippen LogP contribution in [0.25, 0.3) is 21.8 Å². The fourth-order valence-electron chi connectivity index (χ4n) is 5.21. The van der Waals surface area contributed by atoms with E-state index in [0.29, 0.717) is 31.0 Å². The molecule has 2 heterocycles. The molecule has 6 rings (SSSR count). The molecule has 0 N–H and O–H groups in total. The second kappa shape index (κ2) is 9.04. The van der Waals surface area contributed by atoms with Gasteiger partial charge in [-0.3, -0.25) is 4.79 Å². The Balaban J connectivity index is 1.38. The third kappa shape index (κ3) is 3.85. The number of nitrogens with zero attached hydrogens (tertiary/aromatic N) is 3. The normalized spacial score (nSPS) is 15.7. The lowest BCUT2D eigenvalue weighted by atomic mass is 10.1. The van der Waals surface area contributed by atoms with Gasteiger partial charge >= 0.3 is 0 Å². The van der Waals surface area contributed by atoms with Gasteiger partial charge in [0.25, 0.3) is 0 Å². The van der Waals surface area contributed by atoms with E-state index in [1.54, 1.807) is 19.1 Å². The predicted molar refractivity (Wildman–Crippen MR) is 142 cm³/mol. The van der Waals surface area contributed by atoms with E-state index in [4.69, 9.17) is 14.5 Å². The van der Waals surface area contributed by atoms with Gasteiger partial charge < -0.3 is 18.9 Å². The molecule has 6 heteroatoms. The number of benzene rings is 4. The number of carbonyl (C=O) groups excluding carboxylic acids is 1. The van der Waals surface area contributed by atoms with Gasteiger partial charge in [0.05, 0.1) is 30.9 Å². The average Bonchev–Trinajstić information content (AvgIpc) is 3.48. The maximum absolute atomic E-state index is 13.3. The van der Waals surface area contributed by atoms with Gasteiger partial charge in [0, 0.05) is 31.5 Å². The number of methoxy groups -OCH3 is 2. The van der Waals surface area contributed by atoms with E-state index < -0.39 is 0 Å². The summed E-state index contributed by atoms with van der Waals surface area (Å²) in [5, 5.41) is 2.44. The molecule has 1 aliphatic heterocycles. The summed E-state index contributed by atoms with van der Waals surface area (Å²) in [5.74, 6) is 2.28. The van der Waals surface area contributed by atoms with Crippen LogP contribution in [0.15, 0.2) is 84.9 Å². The fourth-order valence-corrected chi connectivity index (χ4v) is 5.21. The molecule has 0 aliphatic carbocycles. The number of hydrogen-bond acceptors (Lipinski definition) is 4. The molecular weight excluding hydrogens is 450 g/mol. The van der Waals surface area contributed by atoms with Gasteiger partial charge in [0.1, 0.15) is 17.3 Å². The van der Waals surface area contributed by atoms with Gasteiger partial charge in [-0.15, -0.1) is 0 Å². The van der Waals surface area contributed by atoms with Crippen LogP contribution < -0.4 is 14.4 Å². The van der Waals surface area contributed by atoms with Gasteiger partial charge in [0.2, 0.25) is 5.91 Å². The maximum Gasteiger partial charge on any atom is 0.227 e. The van der Waals surface area contributed by atoms with Crippen molar-refractivity contribution in [1.29, 1.82) is 0 Å². The number of carbonyl (C=O) groups is 1. The molecule has 4 aromatic carbocycles. The van der Waals surface area contributed by atoms with E-state index in [2.05, 4.69) is 53.1 Å². The number of imidazole rings is 1. The van der Waals surface area contributed by atoms with Crippen LogP contribution in [0.1, 0.15) is 23.7 Å². The fraction of sp³-hybridized carbons (Fsp3) is 0.200. The van der Waals surface area contributed by atoms with Crippen molar-refractivity contribution in [2.75, 3.05) is 25.7 Å². The van der Waals surface area contributed by atoms with Crippen LogP contribution in [0.4, 0.5) is 5.69 Å². The molecule has 1 fully saturated rings. The van der Waals surface area contributed by atoms with Crippen LogP contribution in [0.2, 0.25) is 0 Å². The van der Waals surface area contributed by atoms with Crippen molar-refractivity contribution in [2.45, 2.75) is 18.9 Å². The smallest absolute Gasteiger partial charge is 0.227 e. The third-order valence-corrected chi connectivity index (χ3v) is 7.01. The van der Waals surface area contributed by atoms with Crippen molar-refractivity contribution in [3.8, 4) is 11.5 Å². The number of rotatable bonds is 6. The summed E-state index contributed by atoms with van der Waals surface area (Å²) in [4.78, 5) is 20.1. The first-order valence-corrected chi connectivity index (χ1v) is 12.1. The van der Waals surface area contributed by atoms with Crippen molar-refractivity contribution in [3.63, 3.8) is 0 Å². The summed E-state index contributed by atoms with van der Waals surface area (Å²) in [7, 11) is 3.24. The Morgan fingerprint density at radius 2 is 1.69 bits per heavy atom. The molecule has 1 saturated heterocycles. The minimum atomic E-state index is -0.0405. The number of hydrogen-bond donors (Lipinski definition) is 0. The molecule has 36 heavy (non-hydrogen) atoms. The highest BCUT2D eigenvalue weighted by Gasteiger charge is 2.36. The topological polar surface area (TPSA) is 56.6 Å².